The van der Waals surface area contributed by atoms with E-state index in [9.17, 15) is 0 Å². The van der Waals surface area contributed by atoms with Gasteiger partial charge in [0.1, 0.15) is 0 Å². The summed E-state index contributed by atoms with van der Waals surface area (Å²) >= 11 is 0. The molecule has 0 bridgehead atoms. The van der Waals surface area contributed by atoms with E-state index in [0.717, 1.165) is 23.9 Å². The predicted octanol–water partition coefficient (Wildman–Crippen LogP) is 4.88. The minimum atomic E-state index is 0.788. The maximum absolute atomic E-state index is 3.95. The second-order valence-corrected chi connectivity index (χ2v) is 6.91. The molecule has 20 heavy (non-hydrogen) atoms. The molecule has 2 aliphatic carbocycles. The third-order valence-corrected chi connectivity index (χ3v) is 5.59. The first kappa shape index (κ1) is 14.1. The van der Waals surface area contributed by atoms with Gasteiger partial charge in [0, 0.05) is 12.1 Å². The molecule has 1 aromatic carbocycles. The van der Waals surface area contributed by atoms with Crippen LogP contribution < -0.4 is 5.32 Å². The molecular formula is C19H29N. The smallest absolute Gasteiger partial charge is 0.00723 e. The maximum Gasteiger partial charge on any atom is 0.00723 e. The molecule has 0 amide bonds. The Balaban J connectivity index is 1.45. The maximum atomic E-state index is 3.95. The molecule has 2 saturated carbocycles. The molecule has 1 heteroatoms. The van der Waals surface area contributed by atoms with Crippen molar-refractivity contribution in [3.63, 3.8) is 0 Å². The van der Waals surface area contributed by atoms with Crippen molar-refractivity contribution in [1.82, 2.24) is 5.32 Å². The predicted molar refractivity (Wildman–Crippen MR) is 86.0 cm³/mol. The Hall–Kier alpha value is -0.820. The van der Waals surface area contributed by atoms with Crippen molar-refractivity contribution in [2.45, 2.75) is 76.3 Å². The quantitative estimate of drug-likeness (QED) is 0.823. The van der Waals surface area contributed by atoms with Gasteiger partial charge in [0.05, 0.1) is 0 Å². The highest BCUT2D eigenvalue weighted by Crippen LogP contribution is 2.34. The molecule has 0 aromatic heterocycles. The molecule has 2 unspecified atom stereocenters. The van der Waals surface area contributed by atoms with E-state index < -0.39 is 0 Å². The first-order valence-electron chi connectivity index (χ1n) is 8.66. The zero-order valence-corrected chi connectivity index (χ0v) is 12.9. The van der Waals surface area contributed by atoms with Gasteiger partial charge in [0.25, 0.3) is 0 Å². The van der Waals surface area contributed by atoms with E-state index >= 15 is 0 Å². The molecule has 2 aliphatic rings. The lowest BCUT2D eigenvalue weighted by atomic mass is 9.81. The summed E-state index contributed by atoms with van der Waals surface area (Å²) in [7, 11) is 0. The molecule has 2 fully saturated rings. The second kappa shape index (κ2) is 6.76. The van der Waals surface area contributed by atoms with Crippen molar-refractivity contribution in [2.24, 2.45) is 5.92 Å². The zero-order valence-electron chi connectivity index (χ0n) is 12.9. The Morgan fingerprint density at radius 1 is 0.900 bits per heavy atom. The molecule has 1 N–H and O–H groups in total. The van der Waals surface area contributed by atoms with E-state index in [1.165, 1.54) is 51.4 Å². The summed E-state index contributed by atoms with van der Waals surface area (Å²) in [4.78, 5) is 0. The van der Waals surface area contributed by atoms with Gasteiger partial charge >= 0.3 is 0 Å². The number of hydrogen-bond acceptors (Lipinski definition) is 1. The van der Waals surface area contributed by atoms with Crippen molar-refractivity contribution in [2.75, 3.05) is 0 Å². The molecule has 0 radical (unpaired) electrons. The minimum absolute atomic E-state index is 0.788. The van der Waals surface area contributed by atoms with Crippen LogP contribution in [-0.4, -0.2) is 12.1 Å². The van der Waals surface area contributed by atoms with E-state index in [4.69, 9.17) is 0 Å². The first-order chi connectivity index (χ1) is 9.85. The van der Waals surface area contributed by atoms with Crippen molar-refractivity contribution < 1.29 is 0 Å². The van der Waals surface area contributed by atoms with Crippen LogP contribution in [0.1, 0.15) is 69.8 Å². The highest BCUT2D eigenvalue weighted by Gasteiger charge is 2.28. The van der Waals surface area contributed by atoms with Crippen molar-refractivity contribution in [3.05, 3.63) is 35.9 Å². The van der Waals surface area contributed by atoms with E-state index in [-0.39, 0.29) is 0 Å². The van der Waals surface area contributed by atoms with Crippen LogP contribution in [0, 0.1) is 5.92 Å². The molecular weight excluding hydrogens is 242 g/mol. The molecule has 0 aliphatic heterocycles. The van der Waals surface area contributed by atoms with Gasteiger partial charge in [-0.05, 0) is 62.3 Å². The first-order valence-corrected chi connectivity index (χ1v) is 8.66. The average molecular weight is 271 g/mol. The molecule has 1 nitrogen and oxygen atoms in total. The van der Waals surface area contributed by atoms with Crippen LogP contribution in [0.2, 0.25) is 0 Å². The zero-order chi connectivity index (χ0) is 13.8. The fourth-order valence-electron chi connectivity index (χ4n) is 4.25. The lowest BCUT2D eigenvalue weighted by molar-refractivity contribution is 0.311. The standard InChI is InChI=1S/C19H29N/c1-2-15-8-11-19(14-15)20-18-12-9-17(10-13-18)16-6-4-3-5-7-16/h3-7,15,17-20H,2,8-14H2,1H3. The Morgan fingerprint density at radius 2 is 1.60 bits per heavy atom. The SMILES string of the molecule is CCC1CCC(NC2CCC(c3ccccc3)CC2)C1. The fourth-order valence-corrected chi connectivity index (χ4v) is 4.25. The lowest BCUT2D eigenvalue weighted by Gasteiger charge is -2.31. The van der Waals surface area contributed by atoms with Gasteiger partial charge in [-0.15, -0.1) is 0 Å². The molecule has 1 aromatic rings. The molecule has 110 valence electrons. The monoisotopic (exact) mass is 271 g/mol. The van der Waals surface area contributed by atoms with Crippen LogP contribution in [0.5, 0.6) is 0 Å². The summed E-state index contributed by atoms with van der Waals surface area (Å²) in [6.45, 7) is 2.35. The van der Waals surface area contributed by atoms with Crippen LogP contribution in [0.15, 0.2) is 30.3 Å². The number of benzene rings is 1. The van der Waals surface area contributed by atoms with Gasteiger partial charge in [-0.25, -0.2) is 0 Å². The fraction of sp³-hybridized carbons (Fsp3) is 0.684. The third-order valence-electron chi connectivity index (χ3n) is 5.59. The minimum Gasteiger partial charge on any atom is -0.311 e. The highest BCUT2D eigenvalue weighted by molar-refractivity contribution is 5.20. The molecule has 2 atom stereocenters. The number of hydrogen-bond donors (Lipinski definition) is 1. The normalized spacial score (nSPS) is 34.2. The Labute approximate surface area is 124 Å². The van der Waals surface area contributed by atoms with Gasteiger partial charge in [-0.2, -0.15) is 0 Å². The van der Waals surface area contributed by atoms with Gasteiger partial charge in [0.2, 0.25) is 0 Å². The van der Waals surface area contributed by atoms with Crippen LogP contribution in [0.3, 0.4) is 0 Å². The van der Waals surface area contributed by atoms with Gasteiger partial charge in [-0.3, -0.25) is 0 Å². The summed E-state index contributed by atoms with van der Waals surface area (Å²) in [6, 6.07) is 12.7. The number of rotatable bonds is 4. The molecule has 0 heterocycles. The van der Waals surface area contributed by atoms with Crippen LogP contribution in [-0.2, 0) is 0 Å². The second-order valence-electron chi connectivity index (χ2n) is 6.91. The summed E-state index contributed by atoms with van der Waals surface area (Å²) in [5.41, 5.74) is 1.55. The van der Waals surface area contributed by atoms with Gasteiger partial charge < -0.3 is 5.32 Å². The van der Waals surface area contributed by atoms with Crippen molar-refractivity contribution in [3.8, 4) is 0 Å². The molecule has 0 spiro atoms. The lowest BCUT2D eigenvalue weighted by Crippen LogP contribution is -2.39. The largest absolute Gasteiger partial charge is 0.311 e. The van der Waals surface area contributed by atoms with Gasteiger partial charge in [-0.1, -0.05) is 43.7 Å². The Bertz CT molecular complexity index is 391. The summed E-state index contributed by atoms with van der Waals surface area (Å²) < 4.78 is 0. The average Bonchev–Trinajstić information content (AvgIpc) is 2.97. The van der Waals surface area contributed by atoms with E-state index in [1.807, 2.05) is 0 Å². The van der Waals surface area contributed by atoms with Crippen LogP contribution in [0.25, 0.3) is 0 Å². The van der Waals surface area contributed by atoms with E-state index in [0.29, 0.717) is 0 Å². The van der Waals surface area contributed by atoms with Crippen molar-refractivity contribution in [1.29, 1.82) is 0 Å². The van der Waals surface area contributed by atoms with E-state index in [2.05, 4.69) is 42.6 Å². The summed E-state index contributed by atoms with van der Waals surface area (Å²) in [5, 5.41) is 3.95. The van der Waals surface area contributed by atoms with Gasteiger partial charge in [0.15, 0.2) is 0 Å². The molecule has 3 rings (SSSR count). The van der Waals surface area contributed by atoms with Crippen LogP contribution in [0.4, 0.5) is 0 Å². The molecule has 0 saturated heterocycles. The van der Waals surface area contributed by atoms with Crippen LogP contribution >= 0.6 is 0 Å². The third kappa shape index (κ3) is 3.44. The summed E-state index contributed by atoms with van der Waals surface area (Å²) in [5.74, 6) is 1.80. The van der Waals surface area contributed by atoms with Crippen molar-refractivity contribution >= 4 is 0 Å². The topological polar surface area (TPSA) is 12.0 Å². The van der Waals surface area contributed by atoms with E-state index in [1.54, 1.807) is 5.56 Å². The summed E-state index contributed by atoms with van der Waals surface area (Å²) in [6.07, 6.45) is 11.1. The Kier molecular flexibility index (Phi) is 4.77. The Morgan fingerprint density at radius 3 is 2.25 bits per heavy atom. The highest BCUT2D eigenvalue weighted by atomic mass is 15.0. The number of nitrogens with one attached hydrogen (secondary N) is 1.